The van der Waals surface area contributed by atoms with E-state index < -0.39 is 0 Å². The molecule has 1 saturated heterocycles. The van der Waals surface area contributed by atoms with Gasteiger partial charge in [-0.05, 0) is 46.6 Å². The molecule has 1 aliphatic rings. The Balaban J connectivity index is 0.00000312. The van der Waals surface area contributed by atoms with Gasteiger partial charge in [0.15, 0.2) is 5.96 Å². The minimum absolute atomic E-state index is 0. The molecule has 6 nitrogen and oxygen atoms in total. The van der Waals surface area contributed by atoms with Crippen LogP contribution < -0.4 is 10.6 Å². The highest BCUT2D eigenvalue weighted by Crippen LogP contribution is 2.16. The van der Waals surface area contributed by atoms with Crippen LogP contribution in [-0.2, 0) is 6.54 Å². The van der Waals surface area contributed by atoms with Crippen LogP contribution in [0.3, 0.4) is 0 Å². The molecule has 144 valence electrons. The second-order valence-electron chi connectivity index (χ2n) is 6.30. The van der Waals surface area contributed by atoms with E-state index in [1.165, 1.54) is 4.88 Å². The fourth-order valence-electron chi connectivity index (χ4n) is 2.75. The molecule has 0 aliphatic carbocycles. The minimum atomic E-state index is -0.0926. The van der Waals surface area contributed by atoms with E-state index in [2.05, 4.69) is 39.4 Å². The van der Waals surface area contributed by atoms with Crippen molar-refractivity contribution in [3.05, 3.63) is 15.6 Å². The van der Waals surface area contributed by atoms with Crippen LogP contribution in [0.1, 0.15) is 41.8 Å². The molecule has 2 rings (SSSR count). The topological polar surface area (TPSA) is 72.8 Å². The number of nitrogens with one attached hydrogen (secondary N) is 2. The summed E-state index contributed by atoms with van der Waals surface area (Å²) in [5.41, 5.74) is 1.11. The Hall–Kier alpha value is -0.450. The first-order valence-corrected chi connectivity index (χ1v) is 9.75. The highest BCUT2D eigenvalue weighted by atomic mass is 127. The number of piperidine rings is 1. The Kier molecular flexibility index (Phi) is 10.9. The number of hydrogen-bond acceptors (Lipinski definition) is 5. The number of thiazole rings is 1. The van der Waals surface area contributed by atoms with Gasteiger partial charge in [0.05, 0.1) is 18.3 Å². The third-order valence-corrected chi connectivity index (χ3v) is 5.35. The number of aliphatic hydroxyl groups excluding tert-OH is 1. The number of aryl methyl sites for hydroxylation is 2. The first kappa shape index (κ1) is 22.6. The lowest BCUT2D eigenvalue weighted by Crippen LogP contribution is -2.40. The maximum atomic E-state index is 9.53. The van der Waals surface area contributed by atoms with Crippen molar-refractivity contribution >= 4 is 41.3 Å². The Morgan fingerprint density at radius 3 is 2.64 bits per heavy atom. The Bertz CT molecular complexity index is 510. The SMILES string of the molecule is CCNC(=NCc1nc(C)c(C)s1)NCCCN1CCC(O)CC1.I. The van der Waals surface area contributed by atoms with Crippen molar-refractivity contribution in [2.24, 2.45) is 4.99 Å². The molecular formula is C17H32IN5OS. The molecule has 0 saturated carbocycles. The van der Waals surface area contributed by atoms with Crippen LogP contribution in [0.15, 0.2) is 4.99 Å². The molecular weight excluding hydrogens is 449 g/mol. The third-order valence-electron chi connectivity index (χ3n) is 4.29. The number of aliphatic hydroxyl groups is 1. The van der Waals surface area contributed by atoms with Crippen LogP contribution >= 0.6 is 35.3 Å². The summed E-state index contributed by atoms with van der Waals surface area (Å²) in [6, 6.07) is 0. The smallest absolute Gasteiger partial charge is 0.191 e. The van der Waals surface area contributed by atoms with Crippen LogP contribution in [0.4, 0.5) is 0 Å². The number of aliphatic imine (C=N–C) groups is 1. The molecule has 8 heteroatoms. The summed E-state index contributed by atoms with van der Waals surface area (Å²) in [6.07, 6.45) is 2.80. The maximum Gasteiger partial charge on any atom is 0.191 e. The summed E-state index contributed by atoms with van der Waals surface area (Å²) in [5.74, 6) is 0.858. The van der Waals surface area contributed by atoms with Crippen molar-refractivity contribution in [3.8, 4) is 0 Å². The third kappa shape index (κ3) is 8.19. The Labute approximate surface area is 172 Å². The predicted molar refractivity (Wildman–Crippen MR) is 116 cm³/mol. The second-order valence-corrected chi connectivity index (χ2v) is 7.59. The highest BCUT2D eigenvalue weighted by molar-refractivity contribution is 14.0. The number of aromatic nitrogens is 1. The number of likely N-dealkylation sites (tertiary alicyclic amines) is 1. The summed E-state index contributed by atoms with van der Waals surface area (Å²) in [5, 5.41) is 17.3. The van der Waals surface area contributed by atoms with E-state index in [0.717, 1.165) is 68.6 Å². The van der Waals surface area contributed by atoms with Gasteiger partial charge < -0.3 is 20.6 Å². The molecule has 0 aromatic carbocycles. The van der Waals surface area contributed by atoms with Crippen LogP contribution in [0, 0.1) is 13.8 Å². The van der Waals surface area contributed by atoms with E-state index in [-0.39, 0.29) is 30.1 Å². The molecule has 0 amide bonds. The van der Waals surface area contributed by atoms with Gasteiger partial charge in [0.1, 0.15) is 5.01 Å². The monoisotopic (exact) mass is 481 g/mol. The Morgan fingerprint density at radius 1 is 1.32 bits per heavy atom. The molecule has 3 N–H and O–H groups in total. The molecule has 0 unspecified atom stereocenters. The van der Waals surface area contributed by atoms with E-state index in [9.17, 15) is 5.11 Å². The molecule has 0 radical (unpaired) electrons. The van der Waals surface area contributed by atoms with Gasteiger partial charge in [0.25, 0.3) is 0 Å². The van der Waals surface area contributed by atoms with Gasteiger partial charge in [-0.1, -0.05) is 0 Å². The highest BCUT2D eigenvalue weighted by Gasteiger charge is 2.16. The predicted octanol–water partition coefficient (Wildman–Crippen LogP) is 2.28. The zero-order valence-electron chi connectivity index (χ0n) is 15.5. The van der Waals surface area contributed by atoms with E-state index in [1.54, 1.807) is 11.3 Å². The summed E-state index contributed by atoms with van der Waals surface area (Å²) >= 11 is 1.72. The normalized spacial score (nSPS) is 16.6. The summed E-state index contributed by atoms with van der Waals surface area (Å²) in [6.45, 7) is 11.7. The molecule has 1 aromatic rings. The summed E-state index contributed by atoms with van der Waals surface area (Å²) in [4.78, 5) is 12.9. The van der Waals surface area contributed by atoms with E-state index in [4.69, 9.17) is 0 Å². The van der Waals surface area contributed by atoms with Crippen LogP contribution in [0.25, 0.3) is 0 Å². The van der Waals surface area contributed by atoms with Gasteiger partial charge in [-0.25, -0.2) is 9.98 Å². The largest absolute Gasteiger partial charge is 0.393 e. The maximum absolute atomic E-state index is 9.53. The molecule has 1 aromatic heterocycles. The molecule has 2 heterocycles. The lowest BCUT2D eigenvalue weighted by atomic mass is 10.1. The zero-order valence-corrected chi connectivity index (χ0v) is 18.7. The molecule has 0 spiro atoms. The van der Waals surface area contributed by atoms with E-state index in [0.29, 0.717) is 6.54 Å². The minimum Gasteiger partial charge on any atom is -0.393 e. The average Bonchev–Trinajstić information content (AvgIpc) is 2.89. The van der Waals surface area contributed by atoms with Crippen molar-refractivity contribution < 1.29 is 5.11 Å². The van der Waals surface area contributed by atoms with Crippen LogP contribution in [0.5, 0.6) is 0 Å². The van der Waals surface area contributed by atoms with Gasteiger partial charge >= 0.3 is 0 Å². The molecule has 0 bridgehead atoms. The van der Waals surface area contributed by atoms with Crippen molar-refractivity contribution in [2.75, 3.05) is 32.7 Å². The first-order chi connectivity index (χ1) is 11.6. The molecule has 1 aliphatic heterocycles. The molecule has 0 atom stereocenters. The van der Waals surface area contributed by atoms with E-state index in [1.807, 2.05) is 6.92 Å². The molecule has 1 fully saturated rings. The number of guanidine groups is 1. The quantitative estimate of drug-likeness (QED) is 0.241. The van der Waals surface area contributed by atoms with Crippen LogP contribution in [0.2, 0.25) is 0 Å². The van der Waals surface area contributed by atoms with Gasteiger partial charge in [-0.2, -0.15) is 0 Å². The van der Waals surface area contributed by atoms with Crippen LogP contribution in [-0.4, -0.2) is 59.8 Å². The standard InChI is InChI=1S/C17H31N5OS.HI/c1-4-18-17(20-12-16-21-13(2)14(3)24-16)19-8-5-9-22-10-6-15(23)7-11-22;/h15,23H,4-12H2,1-3H3,(H2,18,19,20);1H. The van der Waals surface area contributed by atoms with Crippen molar-refractivity contribution in [1.82, 2.24) is 20.5 Å². The number of halogens is 1. The van der Waals surface area contributed by atoms with Gasteiger partial charge in [0.2, 0.25) is 0 Å². The second kappa shape index (κ2) is 12.0. The fraction of sp³-hybridized carbons (Fsp3) is 0.765. The van der Waals surface area contributed by atoms with Gasteiger partial charge in [-0.15, -0.1) is 35.3 Å². The summed E-state index contributed by atoms with van der Waals surface area (Å²) in [7, 11) is 0. The zero-order chi connectivity index (χ0) is 17.4. The summed E-state index contributed by atoms with van der Waals surface area (Å²) < 4.78 is 0. The molecule has 25 heavy (non-hydrogen) atoms. The van der Waals surface area contributed by atoms with E-state index >= 15 is 0 Å². The number of hydrogen-bond donors (Lipinski definition) is 3. The lowest BCUT2D eigenvalue weighted by molar-refractivity contribution is 0.0823. The Morgan fingerprint density at radius 2 is 2.04 bits per heavy atom. The van der Waals surface area contributed by atoms with Gasteiger partial charge in [-0.3, -0.25) is 0 Å². The van der Waals surface area contributed by atoms with Crippen molar-refractivity contribution in [1.29, 1.82) is 0 Å². The number of rotatable bonds is 7. The van der Waals surface area contributed by atoms with Crippen molar-refractivity contribution in [3.63, 3.8) is 0 Å². The van der Waals surface area contributed by atoms with Gasteiger partial charge in [0, 0.05) is 31.1 Å². The first-order valence-electron chi connectivity index (χ1n) is 8.94. The fourth-order valence-corrected chi connectivity index (χ4v) is 3.61. The lowest BCUT2D eigenvalue weighted by Gasteiger charge is -2.29. The number of nitrogens with zero attached hydrogens (tertiary/aromatic N) is 3. The average molecular weight is 481 g/mol. The van der Waals surface area contributed by atoms with Crippen molar-refractivity contribution in [2.45, 2.75) is 52.7 Å².